The molecule has 0 saturated heterocycles. The van der Waals surface area contributed by atoms with E-state index >= 15 is 0 Å². The summed E-state index contributed by atoms with van der Waals surface area (Å²) in [7, 11) is 0. The lowest BCUT2D eigenvalue weighted by Gasteiger charge is -2.12. The second-order valence-corrected chi connectivity index (χ2v) is 8.83. The first-order valence-corrected chi connectivity index (χ1v) is 11.3. The molecule has 0 atom stereocenters. The number of Topliss-reactive ketones (excluding diaryl/α,β-unsaturated/α-hetero) is 1. The highest BCUT2D eigenvalue weighted by Gasteiger charge is 2.26. The standard InChI is InChI=1S/C27H22N4O3/c1-15(32)26-24(19-7-3-10-29-27(19)34)20-11-16-5-2-6-17(16)12-22(20)31(26)14-18-13-23(33)30-21-8-4-9-28-25(18)21/h3-4,7-13H,2,5-6,14H2,1H3,(H,29,34)(H,30,33). The molecule has 7 heteroatoms. The number of aromatic nitrogens is 4. The van der Waals surface area contributed by atoms with Crippen LogP contribution >= 0.6 is 0 Å². The van der Waals surface area contributed by atoms with Crippen molar-refractivity contribution in [1.29, 1.82) is 0 Å². The van der Waals surface area contributed by atoms with Crippen LogP contribution in [0, 0.1) is 0 Å². The number of aromatic amines is 2. The van der Waals surface area contributed by atoms with E-state index in [0.717, 1.165) is 30.2 Å². The van der Waals surface area contributed by atoms with Crippen molar-refractivity contribution in [2.24, 2.45) is 0 Å². The third kappa shape index (κ3) is 3.12. The summed E-state index contributed by atoms with van der Waals surface area (Å²) in [6.45, 7) is 1.81. The molecule has 0 fully saturated rings. The molecule has 7 nitrogen and oxygen atoms in total. The molecule has 168 valence electrons. The summed E-state index contributed by atoms with van der Waals surface area (Å²) in [6.07, 6.45) is 6.34. The van der Waals surface area contributed by atoms with Crippen molar-refractivity contribution < 1.29 is 4.79 Å². The van der Waals surface area contributed by atoms with Gasteiger partial charge in [-0.2, -0.15) is 0 Å². The Labute approximate surface area is 194 Å². The van der Waals surface area contributed by atoms with Crippen LogP contribution in [0.3, 0.4) is 0 Å². The van der Waals surface area contributed by atoms with Crippen molar-refractivity contribution in [3.8, 4) is 11.1 Å². The van der Waals surface area contributed by atoms with E-state index in [1.54, 1.807) is 30.6 Å². The zero-order chi connectivity index (χ0) is 23.4. The highest BCUT2D eigenvalue weighted by Crippen LogP contribution is 2.38. The van der Waals surface area contributed by atoms with Crippen LogP contribution in [0.25, 0.3) is 33.1 Å². The van der Waals surface area contributed by atoms with Gasteiger partial charge < -0.3 is 14.5 Å². The molecule has 0 amide bonds. The summed E-state index contributed by atoms with van der Waals surface area (Å²) in [5.74, 6) is -0.142. The minimum absolute atomic E-state index is 0.142. The lowest BCUT2D eigenvalue weighted by Crippen LogP contribution is -2.14. The van der Waals surface area contributed by atoms with E-state index in [2.05, 4.69) is 27.1 Å². The maximum Gasteiger partial charge on any atom is 0.255 e. The van der Waals surface area contributed by atoms with Gasteiger partial charge in [-0.25, -0.2) is 0 Å². The van der Waals surface area contributed by atoms with Gasteiger partial charge in [0, 0.05) is 53.0 Å². The Balaban J connectivity index is 1.71. The molecule has 4 aromatic heterocycles. The van der Waals surface area contributed by atoms with E-state index in [1.807, 2.05) is 10.6 Å². The Morgan fingerprint density at radius 1 is 1.09 bits per heavy atom. The number of rotatable bonds is 4. The molecular formula is C27H22N4O3. The monoisotopic (exact) mass is 450 g/mol. The fourth-order valence-electron chi connectivity index (χ4n) is 5.29. The zero-order valence-corrected chi connectivity index (χ0v) is 18.6. The smallest absolute Gasteiger partial charge is 0.255 e. The Kier molecular flexibility index (Phi) is 4.58. The minimum Gasteiger partial charge on any atom is -0.333 e. The number of carbonyl (C=O) groups excluding carboxylic acids is 1. The number of benzene rings is 1. The van der Waals surface area contributed by atoms with Crippen molar-refractivity contribution in [3.05, 3.63) is 98.0 Å². The molecule has 0 unspecified atom stereocenters. The molecule has 1 aliphatic rings. The van der Waals surface area contributed by atoms with Crippen LogP contribution in [-0.4, -0.2) is 25.3 Å². The first-order valence-electron chi connectivity index (χ1n) is 11.3. The first kappa shape index (κ1) is 20.4. The zero-order valence-electron chi connectivity index (χ0n) is 18.6. The maximum atomic E-state index is 13.1. The van der Waals surface area contributed by atoms with E-state index < -0.39 is 0 Å². The molecule has 0 radical (unpaired) electrons. The van der Waals surface area contributed by atoms with E-state index in [-0.39, 0.29) is 23.4 Å². The van der Waals surface area contributed by atoms with Gasteiger partial charge in [-0.15, -0.1) is 0 Å². The van der Waals surface area contributed by atoms with Crippen molar-refractivity contribution in [3.63, 3.8) is 0 Å². The summed E-state index contributed by atoms with van der Waals surface area (Å²) < 4.78 is 1.95. The van der Waals surface area contributed by atoms with Gasteiger partial charge in [0.25, 0.3) is 5.56 Å². The van der Waals surface area contributed by atoms with E-state index in [0.29, 0.717) is 33.4 Å². The second-order valence-electron chi connectivity index (χ2n) is 8.83. The second kappa shape index (κ2) is 7.66. The largest absolute Gasteiger partial charge is 0.333 e. The number of aryl methyl sites for hydroxylation is 2. The quantitative estimate of drug-likeness (QED) is 0.405. The molecule has 1 aromatic carbocycles. The van der Waals surface area contributed by atoms with Crippen molar-refractivity contribution in [1.82, 2.24) is 19.5 Å². The molecule has 1 aliphatic carbocycles. The normalized spacial score (nSPS) is 13.0. The molecule has 0 aliphatic heterocycles. The number of hydrogen-bond acceptors (Lipinski definition) is 4. The van der Waals surface area contributed by atoms with Gasteiger partial charge in [0.15, 0.2) is 5.78 Å². The van der Waals surface area contributed by atoms with Crippen LogP contribution in [0.1, 0.15) is 40.5 Å². The third-order valence-corrected chi connectivity index (χ3v) is 6.70. The number of carbonyl (C=O) groups is 1. The van der Waals surface area contributed by atoms with Gasteiger partial charge in [0.05, 0.1) is 23.3 Å². The predicted molar refractivity (Wildman–Crippen MR) is 131 cm³/mol. The Morgan fingerprint density at radius 2 is 1.91 bits per heavy atom. The Morgan fingerprint density at radius 3 is 2.71 bits per heavy atom. The molecule has 4 heterocycles. The SMILES string of the molecule is CC(=O)c1c(-c2ccc[nH]c2=O)c2cc3c(cc2n1Cc1cc(=O)[nH]c2cccnc12)CCC3. The summed E-state index contributed by atoms with van der Waals surface area (Å²) >= 11 is 0. The molecule has 0 saturated carbocycles. The molecule has 2 N–H and O–H groups in total. The third-order valence-electron chi connectivity index (χ3n) is 6.70. The lowest BCUT2D eigenvalue weighted by atomic mass is 9.99. The summed E-state index contributed by atoms with van der Waals surface area (Å²) in [5.41, 5.74) is 6.54. The first-order chi connectivity index (χ1) is 16.5. The van der Waals surface area contributed by atoms with Crippen molar-refractivity contribution in [2.45, 2.75) is 32.7 Å². The number of H-pyrrole nitrogens is 2. The number of nitrogens with zero attached hydrogens (tertiary/aromatic N) is 2. The number of fused-ring (bicyclic) bond motifs is 3. The van der Waals surface area contributed by atoms with Crippen LogP contribution in [0.15, 0.2) is 64.4 Å². The van der Waals surface area contributed by atoms with Gasteiger partial charge in [0.2, 0.25) is 5.56 Å². The van der Waals surface area contributed by atoms with Crippen molar-refractivity contribution in [2.75, 3.05) is 0 Å². The van der Waals surface area contributed by atoms with Gasteiger partial charge in [-0.05, 0) is 66.8 Å². The average molecular weight is 450 g/mol. The molecule has 5 aromatic rings. The molecule has 34 heavy (non-hydrogen) atoms. The molecule has 6 rings (SSSR count). The van der Waals surface area contributed by atoms with Crippen LogP contribution in [0.4, 0.5) is 0 Å². The van der Waals surface area contributed by atoms with Crippen LogP contribution in [0.2, 0.25) is 0 Å². The lowest BCUT2D eigenvalue weighted by molar-refractivity contribution is 0.101. The van der Waals surface area contributed by atoms with E-state index in [4.69, 9.17) is 0 Å². The van der Waals surface area contributed by atoms with Crippen molar-refractivity contribution >= 4 is 27.7 Å². The fraction of sp³-hybridized carbons (Fsp3) is 0.185. The molecule has 0 bridgehead atoms. The fourth-order valence-corrected chi connectivity index (χ4v) is 5.29. The summed E-state index contributed by atoms with van der Waals surface area (Å²) in [6, 6.07) is 12.9. The van der Waals surface area contributed by atoms with Crippen LogP contribution in [-0.2, 0) is 19.4 Å². The average Bonchev–Trinajstić information content (AvgIpc) is 3.40. The predicted octanol–water partition coefficient (Wildman–Crippen LogP) is 3.97. The number of nitrogens with one attached hydrogen (secondary N) is 2. The summed E-state index contributed by atoms with van der Waals surface area (Å²) in [5, 5.41) is 0.879. The Bertz CT molecular complexity index is 1740. The molecular weight excluding hydrogens is 428 g/mol. The van der Waals surface area contributed by atoms with E-state index in [1.165, 1.54) is 24.1 Å². The maximum absolute atomic E-state index is 13.1. The number of ketones is 1. The Hall–Kier alpha value is -4.26. The minimum atomic E-state index is -0.243. The summed E-state index contributed by atoms with van der Waals surface area (Å²) in [4.78, 5) is 48.4. The van der Waals surface area contributed by atoms with Gasteiger partial charge >= 0.3 is 0 Å². The number of pyridine rings is 3. The van der Waals surface area contributed by atoms with E-state index in [9.17, 15) is 14.4 Å². The van der Waals surface area contributed by atoms with Gasteiger partial charge in [-0.1, -0.05) is 0 Å². The molecule has 0 spiro atoms. The highest BCUT2D eigenvalue weighted by atomic mass is 16.1. The van der Waals surface area contributed by atoms with Crippen LogP contribution in [0.5, 0.6) is 0 Å². The topological polar surface area (TPSA) is 101 Å². The van der Waals surface area contributed by atoms with Crippen LogP contribution < -0.4 is 11.1 Å². The number of hydrogen-bond donors (Lipinski definition) is 2. The highest BCUT2D eigenvalue weighted by molar-refractivity contribution is 6.10. The van der Waals surface area contributed by atoms with Gasteiger partial charge in [-0.3, -0.25) is 19.4 Å². The van der Waals surface area contributed by atoms with Gasteiger partial charge in [0.1, 0.15) is 0 Å².